The molecule has 0 fully saturated rings. The van der Waals surface area contributed by atoms with Gasteiger partial charge >= 0.3 is 12.5 Å². The van der Waals surface area contributed by atoms with Crippen LogP contribution in [-0.2, 0) is 19.4 Å². The minimum absolute atomic E-state index is 0.0330. The zero-order valence-corrected chi connectivity index (χ0v) is 18.1. The van der Waals surface area contributed by atoms with Gasteiger partial charge in [0.05, 0.1) is 5.69 Å². The topological polar surface area (TPSA) is 127 Å². The summed E-state index contributed by atoms with van der Waals surface area (Å²) in [5, 5.41) is 18.2. The third-order valence-electron chi connectivity index (χ3n) is 5.37. The zero-order chi connectivity index (χ0) is 25.2. The fourth-order valence-corrected chi connectivity index (χ4v) is 3.86. The maximum absolute atomic E-state index is 13.0. The molecule has 1 amide bonds. The van der Waals surface area contributed by atoms with Crippen LogP contribution in [0.25, 0.3) is 5.69 Å². The molecule has 4 rings (SSSR count). The molecule has 0 radical (unpaired) electrons. The molecule has 1 aliphatic rings. The highest BCUT2D eigenvalue weighted by atomic mass is 19.4. The van der Waals surface area contributed by atoms with Crippen LogP contribution in [0.2, 0.25) is 0 Å². The Kier molecular flexibility index (Phi) is 6.49. The molecule has 0 saturated heterocycles. The number of hydrogen-bond donors (Lipinski definition) is 3. The van der Waals surface area contributed by atoms with Gasteiger partial charge in [0, 0.05) is 30.4 Å². The molecule has 0 unspecified atom stereocenters. The van der Waals surface area contributed by atoms with Gasteiger partial charge in [0.2, 0.25) is 0 Å². The van der Waals surface area contributed by atoms with Gasteiger partial charge < -0.3 is 25.0 Å². The fourth-order valence-electron chi connectivity index (χ4n) is 3.86. The van der Waals surface area contributed by atoms with Crippen molar-refractivity contribution in [1.29, 1.82) is 0 Å². The van der Waals surface area contributed by atoms with Crippen LogP contribution in [0.15, 0.2) is 52.2 Å². The molecule has 0 aliphatic heterocycles. The Hall–Kier alpha value is -4.29. The van der Waals surface area contributed by atoms with Gasteiger partial charge in [0.15, 0.2) is 5.82 Å². The molecule has 0 atom stereocenters. The van der Waals surface area contributed by atoms with Crippen molar-refractivity contribution in [3.63, 3.8) is 0 Å². The number of pyridine rings is 1. The standard InChI is InChI=1S/C22H20F3N5O5/c23-22(24,25)35-14-8-6-13(7-9-14)30-19(31)16-4-1-3-15(16)18(28-30)27-17-5-2-11-29(20(17)32)12-10-26-21(33)34/h2,5-9,11,26H,1,3-4,10,12H2,(H,27,28)(H,33,34). The molecule has 2 heterocycles. The fraction of sp³-hybridized carbons (Fsp3) is 0.273. The average Bonchev–Trinajstić information content (AvgIpc) is 3.28. The van der Waals surface area contributed by atoms with E-state index >= 15 is 0 Å². The second-order valence-electron chi connectivity index (χ2n) is 7.70. The summed E-state index contributed by atoms with van der Waals surface area (Å²) in [7, 11) is 0. The largest absolute Gasteiger partial charge is 0.573 e. The van der Waals surface area contributed by atoms with Crippen molar-refractivity contribution < 1.29 is 27.8 Å². The van der Waals surface area contributed by atoms with Crippen molar-refractivity contribution >= 4 is 17.6 Å². The molecule has 184 valence electrons. The van der Waals surface area contributed by atoms with Crippen LogP contribution < -0.4 is 26.5 Å². The number of anilines is 2. The lowest BCUT2D eigenvalue weighted by molar-refractivity contribution is -0.274. The van der Waals surface area contributed by atoms with Gasteiger partial charge in [-0.05, 0) is 55.7 Å². The smallest absolute Gasteiger partial charge is 0.465 e. The molecule has 3 aromatic rings. The molecule has 0 bridgehead atoms. The quantitative estimate of drug-likeness (QED) is 0.464. The monoisotopic (exact) mass is 491 g/mol. The number of halogens is 3. The molecule has 0 saturated carbocycles. The molecule has 13 heteroatoms. The van der Waals surface area contributed by atoms with Gasteiger partial charge in [-0.2, -0.15) is 4.68 Å². The first kappa shape index (κ1) is 23.9. The van der Waals surface area contributed by atoms with E-state index in [4.69, 9.17) is 5.11 Å². The van der Waals surface area contributed by atoms with Crippen LogP contribution in [0, 0.1) is 0 Å². The first-order chi connectivity index (χ1) is 16.6. The van der Waals surface area contributed by atoms with E-state index in [1.165, 1.54) is 29.0 Å². The molecular weight excluding hydrogens is 471 g/mol. The highest BCUT2D eigenvalue weighted by Gasteiger charge is 2.31. The molecule has 10 nitrogen and oxygen atoms in total. The molecule has 2 aromatic heterocycles. The first-order valence-corrected chi connectivity index (χ1v) is 10.6. The molecule has 1 aliphatic carbocycles. The maximum Gasteiger partial charge on any atom is 0.573 e. The van der Waals surface area contributed by atoms with Crippen molar-refractivity contribution in [3.8, 4) is 11.4 Å². The predicted octanol–water partition coefficient (Wildman–Crippen LogP) is 2.79. The summed E-state index contributed by atoms with van der Waals surface area (Å²) < 4.78 is 43.6. The van der Waals surface area contributed by atoms with Crippen LogP contribution in [0.3, 0.4) is 0 Å². The third-order valence-corrected chi connectivity index (χ3v) is 5.37. The zero-order valence-electron chi connectivity index (χ0n) is 18.1. The summed E-state index contributed by atoms with van der Waals surface area (Å²) in [6.07, 6.45) is -2.74. The van der Waals surface area contributed by atoms with Gasteiger partial charge in [-0.25, -0.2) is 4.79 Å². The van der Waals surface area contributed by atoms with Crippen molar-refractivity contribution in [2.45, 2.75) is 32.2 Å². The van der Waals surface area contributed by atoms with E-state index in [1.54, 1.807) is 6.07 Å². The SMILES string of the molecule is O=C(O)NCCn1cccc(Nc2nn(-c3ccc(OC(F)(F)F)cc3)c(=O)c3c2CCC3)c1=O. The van der Waals surface area contributed by atoms with Crippen LogP contribution >= 0.6 is 0 Å². The number of benzene rings is 1. The minimum atomic E-state index is -4.84. The van der Waals surface area contributed by atoms with Crippen LogP contribution in [-0.4, -0.2) is 38.5 Å². The highest BCUT2D eigenvalue weighted by Crippen LogP contribution is 2.28. The van der Waals surface area contributed by atoms with E-state index in [1.807, 2.05) is 0 Å². The Morgan fingerprint density at radius 2 is 1.80 bits per heavy atom. The Balaban J connectivity index is 1.67. The van der Waals surface area contributed by atoms with Crippen LogP contribution in [0.1, 0.15) is 17.5 Å². The van der Waals surface area contributed by atoms with E-state index in [0.717, 1.165) is 16.8 Å². The summed E-state index contributed by atoms with van der Waals surface area (Å²) >= 11 is 0. The van der Waals surface area contributed by atoms with E-state index < -0.39 is 29.3 Å². The Labute approximate surface area is 195 Å². The minimum Gasteiger partial charge on any atom is -0.465 e. The van der Waals surface area contributed by atoms with Gasteiger partial charge in [0.25, 0.3) is 11.1 Å². The lowest BCUT2D eigenvalue weighted by atomic mass is 10.2. The summed E-state index contributed by atoms with van der Waals surface area (Å²) in [6.45, 7) is 0.142. The average molecular weight is 491 g/mol. The third kappa shape index (κ3) is 5.45. The number of nitrogens with one attached hydrogen (secondary N) is 2. The summed E-state index contributed by atoms with van der Waals surface area (Å²) in [4.78, 5) is 36.5. The molecule has 3 N–H and O–H groups in total. The van der Waals surface area contributed by atoms with E-state index in [0.29, 0.717) is 30.4 Å². The number of rotatable bonds is 7. The number of alkyl halides is 3. The normalized spacial score (nSPS) is 12.8. The second-order valence-corrected chi connectivity index (χ2v) is 7.70. The van der Waals surface area contributed by atoms with Crippen molar-refractivity contribution in [2.24, 2.45) is 0 Å². The Bertz CT molecular complexity index is 1370. The first-order valence-electron chi connectivity index (χ1n) is 10.6. The molecule has 1 aromatic carbocycles. The van der Waals surface area contributed by atoms with E-state index in [2.05, 4.69) is 20.5 Å². The van der Waals surface area contributed by atoms with Crippen molar-refractivity contribution in [3.05, 3.63) is 74.4 Å². The van der Waals surface area contributed by atoms with Gasteiger partial charge in [-0.15, -0.1) is 18.3 Å². The molecule has 35 heavy (non-hydrogen) atoms. The molecule has 0 spiro atoms. The highest BCUT2D eigenvalue weighted by molar-refractivity contribution is 5.64. The lowest BCUT2D eigenvalue weighted by Gasteiger charge is -2.15. The van der Waals surface area contributed by atoms with Crippen molar-refractivity contribution in [2.75, 3.05) is 11.9 Å². The Morgan fingerprint density at radius 3 is 2.49 bits per heavy atom. The number of fused-ring (bicyclic) bond motifs is 1. The lowest BCUT2D eigenvalue weighted by Crippen LogP contribution is -2.30. The van der Waals surface area contributed by atoms with E-state index in [-0.39, 0.29) is 30.3 Å². The summed E-state index contributed by atoms with van der Waals surface area (Å²) in [6, 6.07) is 7.87. The van der Waals surface area contributed by atoms with Crippen molar-refractivity contribution in [1.82, 2.24) is 19.7 Å². The van der Waals surface area contributed by atoms with Crippen LogP contribution in [0.5, 0.6) is 5.75 Å². The molecular formula is C22H20F3N5O5. The number of carboxylic acid groups (broad SMARTS) is 1. The number of amides is 1. The number of nitrogens with zero attached hydrogens (tertiary/aromatic N) is 3. The Morgan fingerprint density at radius 1 is 1.09 bits per heavy atom. The van der Waals surface area contributed by atoms with E-state index in [9.17, 15) is 27.6 Å². The summed E-state index contributed by atoms with van der Waals surface area (Å²) in [5.74, 6) is -0.151. The van der Waals surface area contributed by atoms with Crippen LogP contribution in [0.4, 0.5) is 29.5 Å². The second kappa shape index (κ2) is 9.52. The number of ether oxygens (including phenoxy) is 1. The van der Waals surface area contributed by atoms with Gasteiger partial charge in [-0.3, -0.25) is 9.59 Å². The summed E-state index contributed by atoms with van der Waals surface area (Å²) in [5.41, 5.74) is 0.777. The predicted molar refractivity (Wildman–Crippen MR) is 119 cm³/mol. The van der Waals surface area contributed by atoms with Gasteiger partial charge in [-0.1, -0.05) is 0 Å². The van der Waals surface area contributed by atoms with Gasteiger partial charge in [0.1, 0.15) is 11.4 Å². The maximum atomic E-state index is 13.0. The number of hydrogen-bond acceptors (Lipinski definition) is 6. The number of carbonyl (C=O) groups is 1. The number of aromatic nitrogens is 3.